The Hall–Kier alpha value is -2.24. The summed E-state index contributed by atoms with van der Waals surface area (Å²) in [5.41, 5.74) is 6.84. The third kappa shape index (κ3) is 3.81. The van der Waals surface area contributed by atoms with Gasteiger partial charge in [0.05, 0.1) is 19.9 Å². The van der Waals surface area contributed by atoms with Crippen LogP contribution >= 0.6 is 11.6 Å². The van der Waals surface area contributed by atoms with E-state index in [9.17, 15) is 0 Å². The van der Waals surface area contributed by atoms with Crippen LogP contribution in [0.5, 0.6) is 11.5 Å². The lowest BCUT2D eigenvalue weighted by Crippen LogP contribution is -2.46. The zero-order valence-corrected chi connectivity index (χ0v) is 18.0. The number of nitrogens with one attached hydrogen (secondary N) is 1. The Labute approximate surface area is 177 Å². The second-order valence-corrected chi connectivity index (χ2v) is 8.41. The minimum absolute atomic E-state index is 0.133. The van der Waals surface area contributed by atoms with Crippen molar-refractivity contribution in [3.63, 3.8) is 0 Å². The van der Waals surface area contributed by atoms with Gasteiger partial charge in [-0.25, -0.2) is 0 Å². The van der Waals surface area contributed by atoms with Gasteiger partial charge in [-0.3, -0.25) is 5.43 Å². The lowest BCUT2D eigenvalue weighted by molar-refractivity contribution is 0.226. The van der Waals surface area contributed by atoms with Gasteiger partial charge in [0.25, 0.3) is 0 Å². The van der Waals surface area contributed by atoms with Crippen LogP contribution in [0.2, 0.25) is 5.02 Å². The number of likely N-dealkylation sites (tertiary alicyclic amines) is 1. The summed E-state index contributed by atoms with van der Waals surface area (Å²) < 4.78 is 11.0. The van der Waals surface area contributed by atoms with Crippen LogP contribution in [0.25, 0.3) is 0 Å². The molecule has 5 nitrogen and oxygen atoms in total. The Bertz CT molecular complexity index is 899. The Morgan fingerprint density at radius 3 is 2.55 bits per heavy atom. The van der Waals surface area contributed by atoms with E-state index in [0.29, 0.717) is 6.04 Å². The monoisotopic (exact) mass is 413 g/mol. The van der Waals surface area contributed by atoms with E-state index in [1.807, 2.05) is 30.3 Å². The summed E-state index contributed by atoms with van der Waals surface area (Å²) >= 11 is 5.97. The number of rotatable bonds is 5. The predicted molar refractivity (Wildman–Crippen MR) is 119 cm³/mol. The molecule has 2 aromatic rings. The van der Waals surface area contributed by atoms with Crippen molar-refractivity contribution in [1.82, 2.24) is 4.90 Å². The summed E-state index contributed by atoms with van der Waals surface area (Å²) in [5.74, 6) is 1.58. The molecular formula is C23H28ClN3O2. The summed E-state index contributed by atoms with van der Waals surface area (Å²) in [6, 6.07) is 14.5. The van der Waals surface area contributed by atoms with Gasteiger partial charge in [0.1, 0.15) is 0 Å². The molecule has 4 rings (SSSR count). The van der Waals surface area contributed by atoms with E-state index in [2.05, 4.69) is 29.5 Å². The van der Waals surface area contributed by atoms with Crippen molar-refractivity contribution in [2.24, 2.45) is 5.10 Å². The van der Waals surface area contributed by atoms with E-state index in [4.69, 9.17) is 26.2 Å². The second-order valence-electron chi connectivity index (χ2n) is 7.97. The SMILES string of the molecule is COc1ccc(C23CC/C(=N\Nc4ccc(Cl)cc4)CC2N(C)CC3)cc1OC. The Morgan fingerprint density at radius 2 is 1.83 bits per heavy atom. The number of methoxy groups -OCH3 is 2. The first-order valence-corrected chi connectivity index (χ1v) is 10.4. The number of ether oxygens (including phenoxy) is 2. The maximum Gasteiger partial charge on any atom is 0.161 e. The van der Waals surface area contributed by atoms with Crippen LogP contribution < -0.4 is 14.9 Å². The third-order valence-electron chi connectivity index (χ3n) is 6.52. The van der Waals surface area contributed by atoms with Gasteiger partial charge in [-0.2, -0.15) is 5.10 Å². The molecule has 1 aliphatic carbocycles. The van der Waals surface area contributed by atoms with E-state index < -0.39 is 0 Å². The molecule has 6 heteroatoms. The standard InChI is InChI=1S/C23H28ClN3O2/c1-27-13-12-23(16-4-9-20(28-2)21(14-16)29-3)11-10-19(15-22(23)27)26-25-18-7-5-17(24)6-8-18/h4-9,14,22,25H,10-13,15H2,1-3H3/b26-19+. The number of likely N-dealkylation sites (N-methyl/N-ethyl adjacent to an activating group) is 1. The molecule has 1 saturated heterocycles. The molecule has 154 valence electrons. The zero-order valence-electron chi connectivity index (χ0n) is 17.2. The van der Waals surface area contributed by atoms with E-state index in [1.165, 1.54) is 11.3 Å². The van der Waals surface area contributed by atoms with Crippen LogP contribution in [0.1, 0.15) is 31.2 Å². The summed E-state index contributed by atoms with van der Waals surface area (Å²) in [7, 11) is 5.60. The fourth-order valence-electron chi connectivity index (χ4n) is 4.85. The van der Waals surface area contributed by atoms with E-state index in [-0.39, 0.29) is 5.41 Å². The second kappa shape index (κ2) is 8.25. The molecule has 0 spiro atoms. The highest BCUT2D eigenvalue weighted by Crippen LogP contribution is 2.49. The van der Waals surface area contributed by atoms with Crippen molar-refractivity contribution < 1.29 is 9.47 Å². The zero-order chi connectivity index (χ0) is 20.4. The molecular weight excluding hydrogens is 386 g/mol. The Kier molecular flexibility index (Phi) is 5.70. The van der Waals surface area contributed by atoms with Crippen LogP contribution in [-0.4, -0.2) is 44.5 Å². The fraction of sp³-hybridized carbons (Fsp3) is 0.435. The number of nitrogens with zero attached hydrogens (tertiary/aromatic N) is 2. The lowest BCUT2D eigenvalue weighted by atomic mass is 9.65. The van der Waals surface area contributed by atoms with Gasteiger partial charge in [-0.15, -0.1) is 0 Å². The van der Waals surface area contributed by atoms with Gasteiger partial charge in [-0.1, -0.05) is 17.7 Å². The normalized spacial score (nSPS) is 25.7. The Balaban J connectivity index is 1.57. The molecule has 0 bridgehead atoms. The Morgan fingerprint density at radius 1 is 1.07 bits per heavy atom. The van der Waals surface area contributed by atoms with Crippen molar-refractivity contribution in [1.29, 1.82) is 0 Å². The number of anilines is 1. The highest BCUT2D eigenvalue weighted by Gasteiger charge is 2.49. The minimum atomic E-state index is 0.133. The highest BCUT2D eigenvalue weighted by atomic mass is 35.5. The molecule has 1 N–H and O–H groups in total. The van der Waals surface area contributed by atoms with Gasteiger partial charge in [0.2, 0.25) is 0 Å². The molecule has 1 saturated carbocycles. The topological polar surface area (TPSA) is 46.1 Å². The predicted octanol–water partition coefficient (Wildman–Crippen LogP) is 4.95. The largest absolute Gasteiger partial charge is 0.493 e. The lowest BCUT2D eigenvalue weighted by Gasteiger charge is -2.42. The van der Waals surface area contributed by atoms with Gasteiger partial charge < -0.3 is 14.4 Å². The summed E-state index contributed by atoms with van der Waals surface area (Å²) in [4.78, 5) is 2.48. The fourth-order valence-corrected chi connectivity index (χ4v) is 4.98. The van der Waals surface area contributed by atoms with Crippen molar-refractivity contribution >= 4 is 23.0 Å². The summed E-state index contributed by atoms with van der Waals surface area (Å²) in [6.45, 7) is 1.09. The molecule has 0 aromatic heterocycles. The van der Waals surface area contributed by atoms with Gasteiger partial charge >= 0.3 is 0 Å². The molecule has 29 heavy (non-hydrogen) atoms. The van der Waals surface area contributed by atoms with E-state index in [1.54, 1.807) is 14.2 Å². The molecule has 0 radical (unpaired) electrons. The van der Waals surface area contributed by atoms with Crippen LogP contribution in [-0.2, 0) is 5.41 Å². The van der Waals surface area contributed by atoms with Gasteiger partial charge in [-0.05, 0) is 74.8 Å². The first-order chi connectivity index (χ1) is 14.1. The maximum atomic E-state index is 5.97. The molecule has 2 unspecified atom stereocenters. The summed E-state index contributed by atoms with van der Waals surface area (Å²) in [6.07, 6.45) is 4.19. The highest BCUT2D eigenvalue weighted by molar-refractivity contribution is 6.30. The van der Waals surface area contributed by atoms with Crippen molar-refractivity contribution in [3.05, 3.63) is 53.1 Å². The smallest absolute Gasteiger partial charge is 0.161 e. The molecule has 2 aromatic carbocycles. The molecule has 2 fully saturated rings. The molecule has 1 aliphatic heterocycles. The van der Waals surface area contributed by atoms with Crippen molar-refractivity contribution in [2.75, 3.05) is 33.2 Å². The average Bonchev–Trinajstić information content (AvgIpc) is 3.10. The van der Waals surface area contributed by atoms with Gasteiger partial charge in [0.15, 0.2) is 11.5 Å². The molecule has 1 heterocycles. The van der Waals surface area contributed by atoms with Crippen molar-refractivity contribution in [2.45, 2.75) is 37.1 Å². The third-order valence-corrected chi connectivity index (χ3v) is 6.77. The number of hydrogen-bond acceptors (Lipinski definition) is 5. The number of fused-ring (bicyclic) bond motifs is 1. The number of hydrazone groups is 1. The van der Waals surface area contributed by atoms with Crippen LogP contribution in [0.3, 0.4) is 0 Å². The summed E-state index contributed by atoms with van der Waals surface area (Å²) in [5, 5.41) is 5.45. The number of halogens is 1. The van der Waals surface area contributed by atoms with Gasteiger partial charge in [0, 0.05) is 28.6 Å². The number of hydrogen-bond donors (Lipinski definition) is 1. The van der Waals surface area contributed by atoms with E-state index in [0.717, 1.165) is 54.4 Å². The quantitative estimate of drug-likeness (QED) is 0.704. The van der Waals surface area contributed by atoms with Crippen LogP contribution in [0, 0.1) is 0 Å². The van der Waals surface area contributed by atoms with Crippen LogP contribution in [0.15, 0.2) is 47.6 Å². The maximum absolute atomic E-state index is 5.97. The molecule has 2 aliphatic rings. The van der Waals surface area contributed by atoms with E-state index >= 15 is 0 Å². The average molecular weight is 414 g/mol. The number of benzene rings is 2. The first-order valence-electron chi connectivity index (χ1n) is 10.1. The van der Waals surface area contributed by atoms with Crippen LogP contribution in [0.4, 0.5) is 5.69 Å². The first kappa shape index (κ1) is 20.0. The molecule has 0 amide bonds. The van der Waals surface area contributed by atoms with Crippen molar-refractivity contribution in [3.8, 4) is 11.5 Å². The molecule has 2 atom stereocenters. The minimum Gasteiger partial charge on any atom is -0.493 e.